The number of piperazine rings is 1. The molecule has 0 aromatic carbocycles. The third kappa shape index (κ3) is 2.67. The summed E-state index contributed by atoms with van der Waals surface area (Å²) in [5.41, 5.74) is 0. The molecule has 1 fully saturated rings. The van der Waals surface area contributed by atoms with Crippen molar-refractivity contribution in [2.75, 3.05) is 39.3 Å². The smallest absolute Gasteiger partial charge is 0.317 e. The first-order chi connectivity index (χ1) is 5.84. The third-order valence-corrected chi connectivity index (χ3v) is 1.78. The first kappa shape index (κ1) is 9.28. The number of amides is 2. The van der Waals surface area contributed by atoms with E-state index in [0.717, 1.165) is 26.2 Å². The van der Waals surface area contributed by atoms with Crippen LogP contribution >= 0.6 is 0 Å². The Morgan fingerprint density at radius 3 is 2.67 bits per heavy atom. The van der Waals surface area contributed by atoms with Crippen LogP contribution in [0, 0.1) is 0 Å². The van der Waals surface area contributed by atoms with Crippen LogP contribution in [0.3, 0.4) is 0 Å². The van der Waals surface area contributed by atoms with Crippen molar-refractivity contribution in [3.8, 4) is 0 Å². The first-order valence-electron chi connectivity index (χ1n) is 4.16. The predicted octanol–water partition coefficient (Wildman–Crippen LogP) is -0.968. The van der Waals surface area contributed by atoms with Gasteiger partial charge in [0, 0.05) is 32.7 Å². The molecule has 2 N–H and O–H groups in total. The maximum absolute atomic E-state index is 11.2. The van der Waals surface area contributed by atoms with Crippen LogP contribution in [0.5, 0.6) is 0 Å². The molecular formula is C7H14N3O2. The number of nitrogens with zero attached hydrogens (tertiary/aromatic N) is 1. The minimum absolute atomic E-state index is 0.118. The second kappa shape index (κ2) is 4.95. The maximum atomic E-state index is 11.2. The van der Waals surface area contributed by atoms with Crippen LogP contribution in [0.15, 0.2) is 0 Å². The molecule has 1 aliphatic rings. The van der Waals surface area contributed by atoms with Crippen molar-refractivity contribution in [2.24, 2.45) is 0 Å². The molecule has 0 spiro atoms. The second-order valence-electron chi connectivity index (χ2n) is 2.67. The Kier molecular flexibility index (Phi) is 3.83. The Balaban J connectivity index is 2.20. The summed E-state index contributed by atoms with van der Waals surface area (Å²) >= 11 is 0. The molecule has 1 aliphatic heterocycles. The van der Waals surface area contributed by atoms with Gasteiger partial charge in [0.25, 0.3) is 0 Å². The van der Waals surface area contributed by atoms with E-state index in [2.05, 4.69) is 10.6 Å². The fourth-order valence-corrected chi connectivity index (χ4v) is 1.14. The van der Waals surface area contributed by atoms with E-state index in [1.54, 1.807) is 4.90 Å². The van der Waals surface area contributed by atoms with Gasteiger partial charge >= 0.3 is 6.03 Å². The largest absolute Gasteiger partial charge is 0.336 e. The Labute approximate surface area is 71.7 Å². The maximum Gasteiger partial charge on any atom is 0.317 e. The molecule has 1 saturated heterocycles. The zero-order valence-corrected chi connectivity index (χ0v) is 7.01. The van der Waals surface area contributed by atoms with Gasteiger partial charge in [-0.1, -0.05) is 0 Å². The standard InChI is InChI=1S/C7H14N3O2/c11-6-3-9-7(12)10-4-1-8-2-5-10/h8H,1-6H2,(H,9,12). The summed E-state index contributed by atoms with van der Waals surface area (Å²) in [5.74, 6) is 0. The minimum atomic E-state index is -0.252. The summed E-state index contributed by atoms with van der Waals surface area (Å²) in [5, 5.41) is 15.8. The van der Waals surface area contributed by atoms with Crippen molar-refractivity contribution in [3.05, 3.63) is 0 Å². The van der Waals surface area contributed by atoms with E-state index >= 15 is 0 Å². The Morgan fingerprint density at radius 1 is 1.42 bits per heavy atom. The Bertz CT molecular complexity index is 146. The third-order valence-electron chi connectivity index (χ3n) is 1.78. The number of nitrogens with one attached hydrogen (secondary N) is 2. The van der Waals surface area contributed by atoms with Crippen molar-refractivity contribution >= 4 is 6.03 Å². The van der Waals surface area contributed by atoms with Crippen LogP contribution in [0.25, 0.3) is 0 Å². The Morgan fingerprint density at radius 2 is 2.08 bits per heavy atom. The number of carbonyl (C=O) groups excluding carboxylic acids is 1. The monoisotopic (exact) mass is 172 g/mol. The zero-order valence-electron chi connectivity index (χ0n) is 7.01. The molecule has 1 rings (SSSR count). The van der Waals surface area contributed by atoms with Crippen molar-refractivity contribution in [2.45, 2.75) is 0 Å². The van der Waals surface area contributed by atoms with Crippen LogP contribution < -0.4 is 10.6 Å². The van der Waals surface area contributed by atoms with Gasteiger partial charge in [0.1, 0.15) is 0 Å². The summed E-state index contributed by atoms with van der Waals surface area (Å²) in [6.07, 6.45) is 0. The lowest BCUT2D eigenvalue weighted by atomic mass is 10.4. The highest BCUT2D eigenvalue weighted by Crippen LogP contribution is 1.91. The van der Waals surface area contributed by atoms with Crippen molar-refractivity contribution in [1.82, 2.24) is 15.5 Å². The summed E-state index contributed by atoms with van der Waals surface area (Å²) < 4.78 is 0. The summed E-state index contributed by atoms with van der Waals surface area (Å²) in [7, 11) is 0. The molecule has 1 radical (unpaired) electrons. The van der Waals surface area contributed by atoms with Gasteiger partial charge < -0.3 is 15.5 Å². The fraction of sp³-hybridized carbons (Fsp3) is 0.857. The molecule has 12 heavy (non-hydrogen) atoms. The lowest BCUT2D eigenvalue weighted by molar-refractivity contribution is 0.172. The molecule has 69 valence electrons. The molecule has 2 amide bonds. The quantitative estimate of drug-likeness (QED) is 0.563. The highest BCUT2D eigenvalue weighted by Gasteiger charge is 2.14. The average molecular weight is 172 g/mol. The van der Waals surface area contributed by atoms with Gasteiger partial charge in [-0.2, -0.15) is 0 Å². The van der Waals surface area contributed by atoms with Crippen LogP contribution in [-0.4, -0.2) is 50.3 Å². The molecule has 0 unspecified atom stereocenters. The van der Waals surface area contributed by atoms with Gasteiger partial charge in [-0.25, -0.2) is 9.90 Å². The van der Waals surface area contributed by atoms with E-state index in [0.29, 0.717) is 0 Å². The van der Waals surface area contributed by atoms with Crippen molar-refractivity contribution < 1.29 is 9.90 Å². The predicted molar refractivity (Wildman–Crippen MR) is 43.4 cm³/mol. The number of carbonyl (C=O) groups is 1. The summed E-state index contributed by atoms with van der Waals surface area (Å²) in [6.45, 7) is 3.10. The van der Waals surface area contributed by atoms with Gasteiger partial charge in [-0.15, -0.1) is 0 Å². The van der Waals surface area contributed by atoms with Gasteiger partial charge in [0.15, 0.2) is 0 Å². The molecule has 1 heterocycles. The van der Waals surface area contributed by atoms with Crippen molar-refractivity contribution in [3.63, 3.8) is 0 Å². The fourth-order valence-electron chi connectivity index (χ4n) is 1.14. The first-order valence-corrected chi connectivity index (χ1v) is 4.16. The number of hydrogen-bond acceptors (Lipinski definition) is 2. The van der Waals surface area contributed by atoms with E-state index in [1.165, 1.54) is 0 Å². The number of hydrogen-bond donors (Lipinski definition) is 2. The van der Waals surface area contributed by atoms with Crippen LogP contribution in [-0.2, 0) is 5.11 Å². The summed E-state index contributed by atoms with van der Waals surface area (Å²) in [4.78, 5) is 12.9. The van der Waals surface area contributed by atoms with E-state index in [9.17, 15) is 9.90 Å². The van der Waals surface area contributed by atoms with E-state index < -0.39 is 0 Å². The Hall–Kier alpha value is -0.810. The van der Waals surface area contributed by atoms with E-state index in [-0.39, 0.29) is 19.2 Å². The van der Waals surface area contributed by atoms with Gasteiger partial charge in [0.2, 0.25) is 0 Å². The normalized spacial score (nSPS) is 17.6. The number of rotatable bonds is 2. The van der Waals surface area contributed by atoms with E-state index in [4.69, 9.17) is 0 Å². The molecule has 0 aromatic heterocycles. The molecule has 0 atom stereocenters. The SMILES string of the molecule is [O]CCNC(=O)N1CCNCC1. The highest BCUT2D eigenvalue weighted by molar-refractivity contribution is 5.74. The van der Waals surface area contributed by atoms with Crippen LogP contribution in [0.4, 0.5) is 4.79 Å². The zero-order chi connectivity index (χ0) is 8.81. The van der Waals surface area contributed by atoms with Gasteiger partial charge in [0.05, 0.1) is 6.61 Å². The van der Waals surface area contributed by atoms with Gasteiger partial charge in [-0.3, -0.25) is 0 Å². The molecule has 0 bridgehead atoms. The summed E-state index contributed by atoms with van der Waals surface area (Å²) in [6, 6.07) is -0.118. The molecule has 0 saturated carbocycles. The van der Waals surface area contributed by atoms with Crippen LogP contribution in [0.1, 0.15) is 0 Å². The van der Waals surface area contributed by atoms with Crippen LogP contribution in [0.2, 0.25) is 0 Å². The minimum Gasteiger partial charge on any atom is -0.336 e. The second-order valence-corrected chi connectivity index (χ2v) is 2.67. The molecule has 0 aliphatic carbocycles. The van der Waals surface area contributed by atoms with Crippen molar-refractivity contribution in [1.29, 1.82) is 0 Å². The number of urea groups is 1. The lowest BCUT2D eigenvalue weighted by Gasteiger charge is -2.27. The topological polar surface area (TPSA) is 64.3 Å². The lowest BCUT2D eigenvalue weighted by Crippen LogP contribution is -2.50. The van der Waals surface area contributed by atoms with Gasteiger partial charge in [-0.05, 0) is 0 Å². The molecule has 0 aromatic rings. The molecule has 5 heteroatoms. The highest BCUT2D eigenvalue weighted by atomic mass is 16.3. The molecular weight excluding hydrogens is 158 g/mol. The average Bonchev–Trinajstić information content (AvgIpc) is 2.15. The van der Waals surface area contributed by atoms with E-state index in [1.807, 2.05) is 0 Å². The molecule has 5 nitrogen and oxygen atoms in total.